The van der Waals surface area contributed by atoms with Crippen molar-refractivity contribution >= 4 is 17.0 Å². The van der Waals surface area contributed by atoms with Gasteiger partial charge in [-0.3, -0.25) is 0 Å². The van der Waals surface area contributed by atoms with Gasteiger partial charge in [-0.05, 0) is 54.4 Å². The summed E-state index contributed by atoms with van der Waals surface area (Å²) in [7, 11) is 1.33. The highest BCUT2D eigenvalue weighted by Gasteiger charge is 2.23. The van der Waals surface area contributed by atoms with Gasteiger partial charge in [-0.15, -0.1) is 0 Å². The first-order valence-electron chi connectivity index (χ1n) is 13.7. The Bertz CT molecular complexity index is 1880. The number of halogens is 2. The summed E-state index contributed by atoms with van der Waals surface area (Å²) in [5.74, 6) is -0.488. The number of fused-ring (bicyclic) bond motifs is 1. The molecule has 3 aromatic carbocycles. The van der Waals surface area contributed by atoms with Gasteiger partial charge in [0.15, 0.2) is 0 Å². The second kappa shape index (κ2) is 12.0. The number of imidazole rings is 1. The van der Waals surface area contributed by atoms with Crippen molar-refractivity contribution in [3.63, 3.8) is 0 Å². The minimum atomic E-state index is -0.537. The average Bonchev–Trinajstić information content (AvgIpc) is 3.34. The number of nitriles is 1. The van der Waals surface area contributed by atoms with Crippen LogP contribution in [0.5, 0.6) is 5.88 Å². The number of hydrogen-bond donors (Lipinski definition) is 0. The molecule has 0 spiro atoms. The van der Waals surface area contributed by atoms with E-state index in [2.05, 4.69) is 4.98 Å². The van der Waals surface area contributed by atoms with E-state index >= 15 is 4.39 Å². The van der Waals surface area contributed by atoms with Crippen LogP contribution in [0.25, 0.3) is 22.3 Å². The zero-order valence-electron chi connectivity index (χ0n) is 23.2. The molecule has 0 amide bonds. The van der Waals surface area contributed by atoms with Crippen molar-refractivity contribution in [2.45, 2.75) is 32.1 Å². The number of esters is 1. The van der Waals surface area contributed by atoms with E-state index in [1.54, 1.807) is 48.5 Å². The van der Waals surface area contributed by atoms with E-state index in [0.29, 0.717) is 46.9 Å². The maximum Gasteiger partial charge on any atom is 0.337 e. The molecule has 3 heterocycles. The lowest BCUT2D eigenvalue weighted by atomic mass is 10.1. The van der Waals surface area contributed by atoms with Crippen LogP contribution in [-0.4, -0.2) is 40.3 Å². The van der Waals surface area contributed by atoms with Crippen molar-refractivity contribution in [3.8, 4) is 23.2 Å². The zero-order chi connectivity index (χ0) is 29.9. The lowest BCUT2D eigenvalue weighted by Gasteiger charge is -2.27. The van der Waals surface area contributed by atoms with E-state index in [-0.39, 0.29) is 36.1 Å². The quantitative estimate of drug-likeness (QED) is 0.197. The topological polar surface area (TPSA) is 99.3 Å². The third-order valence-corrected chi connectivity index (χ3v) is 7.41. The number of methoxy groups -OCH3 is 1. The number of carbonyl (C=O) groups is 1. The molecule has 2 aromatic heterocycles. The summed E-state index contributed by atoms with van der Waals surface area (Å²) in [6.45, 7) is 1.16. The predicted molar refractivity (Wildman–Crippen MR) is 153 cm³/mol. The number of aromatic nitrogens is 3. The molecule has 6 rings (SSSR count). The first-order valence-corrected chi connectivity index (χ1v) is 13.7. The fraction of sp³-hybridized carbons (Fsp3) is 0.212. The molecule has 0 saturated carbocycles. The van der Waals surface area contributed by atoms with Crippen LogP contribution in [0.3, 0.4) is 0 Å². The van der Waals surface area contributed by atoms with E-state index in [9.17, 15) is 9.18 Å². The van der Waals surface area contributed by atoms with Crippen molar-refractivity contribution in [2.24, 2.45) is 0 Å². The Morgan fingerprint density at radius 1 is 1.05 bits per heavy atom. The molecule has 1 aliphatic heterocycles. The van der Waals surface area contributed by atoms with Crippen LogP contribution in [0.15, 0.2) is 72.8 Å². The summed E-state index contributed by atoms with van der Waals surface area (Å²) < 4.78 is 47.9. The Morgan fingerprint density at radius 3 is 2.58 bits per heavy atom. The number of ether oxygens (including phenoxy) is 3. The molecule has 0 unspecified atom stereocenters. The Balaban J connectivity index is 1.23. The maximum absolute atomic E-state index is 15.5. The number of rotatable bonds is 9. The minimum absolute atomic E-state index is 0.0270. The van der Waals surface area contributed by atoms with Gasteiger partial charge in [-0.1, -0.05) is 24.3 Å². The Morgan fingerprint density at radius 2 is 1.86 bits per heavy atom. The lowest BCUT2D eigenvalue weighted by Crippen LogP contribution is -2.31. The van der Waals surface area contributed by atoms with E-state index in [0.717, 1.165) is 18.0 Å². The highest BCUT2D eigenvalue weighted by atomic mass is 19.1. The third kappa shape index (κ3) is 5.94. The molecule has 0 aliphatic carbocycles. The van der Waals surface area contributed by atoms with E-state index in [4.69, 9.17) is 24.5 Å². The van der Waals surface area contributed by atoms with Gasteiger partial charge < -0.3 is 18.8 Å². The summed E-state index contributed by atoms with van der Waals surface area (Å²) in [6.07, 6.45) is 1.17. The van der Waals surface area contributed by atoms with Gasteiger partial charge in [-0.2, -0.15) is 5.26 Å². The van der Waals surface area contributed by atoms with E-state index < -0.39 is 17.6 Å². The first-order chi connectivity index (χ1) is 20.9. The summed E-state index contributed by atoms with van der Waals surface area (Å²) in [6, 6.07) is 21.2. The van der Waals surface area contributed by atoms with Crippen molar-refractivity contribution in [1.82, 2.24) is 14.5 Å². The normalized spacial score (nSPS) is 14.2. The van der Waals surface area contributed by atoms with Gasteiger partial charge in [0.05, 0.1) is 53.7 Å². The molecule has 10 heteroatoms. The van der Waals surface area contributed by atoms with Crippen LogP contribution >= 0.6 is 0 Å². The summed E-state index contributed by atoms with van der Waals surface area (Å²) in [5, 5.41) is 8.92. The Hall–Kier alpha value is -5.14. The van der Waals surface area contributed by atoms with Crippen molar-refractivity contribution in [1.29, 1.82) is 5.26 Å². The van der Waals surface area contributed by atoms with Gasteiger partial charge in [0.2, 0.25) is 5.88 Å². The van der Waals surface area contributed by atoms with E-state index in [1.165, 1.54) is 25.3 Å². The molecule has 8 nitrogen and oxygen atoms in total. The van der Waals surface area contributed by atoms with Crippen LogP contribution < -0.4 is 4.74 Å². The number of benzene rings is 3. The average molecular weight is 581 g/mol. The molecule has 43 heavy (non-hydrogen) atoms. The molecule has 1 atom stereocenters. The maximum atomic E-state index is 15.5. The fourth-order valence-electron chi connectivity index (χ4n) is 4.95. The van der Waals surface area contributed by atoms with Gasteiger partial charge in [-0.25, -0.2) is 23.5 Å². The molecule has 0 N–H and O–H groups in total. The fourth-order valence-corrected chi connectivity index (χ4v) is 4.95. The number of nitrogens with zero attached hydrogens (tertiary/aromatic N) is 4. The van der Waals surface area contributed by atoms with Crippen LogP contribution in [-0.2, 0) is 29.0 Å². The summed E-state index contributed by atoms with van der Waals surface area (Å²) in [5.41, 5.74) is 3.87. The molecule has 1 fully saturated rings. The lowest BCUT2D eigenvalue weighted by molar-refractivity contribution is -0.0589. The second-order valence-electron chi connectivity index (χ2n) is 10.2. The smallest absolute Gasteiger partial charge is 0.337 e. The highest BCUT2D eigenvalue weighted by molar-refractivity contribution is 5.93. The molecule has 216 valence electrons. The highest BCUT2D eigenvalue weighted by Crippen LogP contribution is 2.27. The SMILES string of the molecule is COC(=O)c1ccc2nc(Cc3ccc(-c4cccc(OCc5ccc(C#N)cc5F)n4)cc3F)n(C[C@@H]3CCO3)c2c1. The van der Waals surface area contributed by atoms with E-state index in [1.807, 2.05) is 10.6 Å². The number of hydrogen-bond acceptors (Lipinski definition) is 7. The summed E-state index contributed by atoms with van der Waals surface area (Å²) >= 11 is 0. The minimum Gasteiger partial charge on any atom is -0.473 e. The number of pyridine rings is 1. The van der Waals surface area contributed by atoms with Crippen LogP contribution in [0, 0.1) is 23.0 Å². The van der Waals surface area contributed by atoms with Gasteiger partial charge >= 0.3 is 5.97 Å². The molecule has 1 aliphatic rings. The van der Waals surface area contributed by atoms with Gasteiger partial charge in [0, 0.05) is 30.2 Å². The van der Waals surface area contributed by atoms with Crippen molar-refractivity contribution < 1.29 is 27.8 Å². The zero-order valence-corrected chi connectivity index (χ0v) is 23.2. The van der Waals surface area contributed by atoms with Gasteiger partial charge in [0.25, 0.3) is 0 Å². The monoisotopic (exact) mass is 580 g/mol. The molecular weight excluding hydrogens is 554 g/mol. The van der Waals surface area contributed by atoms with Gasteiger partial charge in [0.1, 0.15) is 24.1 Å². The van der Waals surface area contributed by atoms with Crippen LogP contribution in [0.4, 0.5) is 8.78 Å². The summed E-state index contributed by atoms with van der Waals surface area (Å²) in [4.78, 5) is 21.4. The third-order valence-electron chi connectivity index (χ3n) is 7.41. The number of carbonyl (C=O) groups excluding carboxylic acids is 1. The Labute approximate surface area is 246 Å². The Kier molecular flexibility index (Phi) is 7.81. The molecule has 1 saturated heterocycles. The van der Waals surface area contributed by atoms with Crippen molar-refractivity contribution in [3.05, 3.63) is 113 Å². The predicted octanol–water partition coefficient (Wildman–Crippen LogP) is 5.99. The molecular formula is C33H26F2N4O4. The van der Waals surface area contributed by atoms with Crippen LogP contribution in [0.1, 0.15) is 39.3 Å². The standard InChI is InChI=1S/C33H26F2N4O4/c1-41-33(40)23-9-10-29-30(15-23)39(18-25-11-12-42-25)31(37-29)16-21-7-8-22(14-27(21)35)28-3-2-4-32(38-28)43-19-24-6-5-20(17-36)13-26(24)34/h2-10,13-15,25H,11-12,16,18-19H2,1H3/t25-/m0/s1. The molecule has 5 aromatic rings. The molecule has 0 bridgehead atoms. The molecule has 0 radical (unpaired) electrons. The van der Waals surface area contributed by atoms with Crippen LogP contribution in [0.2, 0.25) is 0 Å². The van der Waals surface area contributed by atoms with Crippen molar-refractivity contribution in [2.75, 3.05) is 13.7 Å². The first kappa shape index (κ1) is 28.0. The second-order valence-corrected chi connectivity index (χ2v) is 10.2. The largest absolute Gasteiger partial charge is 0.473 e.